The smallest absolute Gasteiger partial charge is 0.239 e. The van der Waals surface area contributed by atoms with E-state index < -0.39 is 0 Å². The van der Waals surface area contributed by atoms with Gasteiger partial charge in [0.1, 0.15) is 11.4 Å². The summed E-state index contributed by atoms with van der Waals surface area (Å²) in [5, 5.41) is 6.70. The molecule has 1 heterocycles. The van der Waals surface area contributed by atoms with E-state index in [4.69, 9.17) is 4.52 Å². The van der Waals surface area contributed by atoms with Gasteiger partial charge in [0.05, 0.1) is 6.54 Å². The molecule has 1 amide bonds. The minimum absolute atomic E-state index is 0.00231. The fourth-order valence-electron chi connectivity index (χ4n) is 1.69. The van der Waals surface area contributed by atoms with Gasteiger partial charge in [-0.1, -0.05) is 5.16 Å². The molecule has 0 aliphatic heterocycles. The Morgan fingerprint density at radius 2 is 2.12 bits per heavy atom. The van der Waals surface area contributed by atoms with Crippen molar-refractivity contribution in [1.82, 2.24) is 10.5 Å². The van der Waals surface area contributed by atoms with Crippen molar-refractivity contribution in [2.24, 2.45) is 0 Å². The molecule has 0 fully saturated rings. The molecule has 0 aromatic carbocycles. The Labute approximate surface area is 95.8 Å². The number of aromatic nitrogens is 1. The second kappa shape index (κ2) is 5.01. The molecule has 5 nitrogen and oxygen atoms in total. The predicted octanol–water partition coefficient (Wildman–Crippen LogP) is 1.25. The molecule has 0 spiro atoms. The molecule has 0 aliphatic carbocycles. The lowest BCUT2D eigenvalue weighted by atomic mass is 10.3. The summed E-state index contributed by atoms with van der Waals surface area (Å²) in [4.78, 5) is 13.4. The zero-order valence-electron chi connectivity index (χ0n) is 10.5. The first kappa shape index (κ1) is 12.5. The first-order valence-electron chi connectivity index (χ1n) is 5.35. The molecule has 0 saturated carbocycles. The summed E-state index contributed by atoms with van der Waals surface area (Å²) in [7, 11) is 1.85. The van der Waals surface area contributed by atoms with Crippen molar-refractivity contribution >= 4 is 11.6 Å². The van der Waals surface area contributed by atoms with Gasteiger partial charge in [-0.05, 0) is 27.7 Å². The summed E-state index contributed by atoms with van der Waals surface area (Å²) >= 11 is 0. The van der Waals surface area contributed by atoms with Crippen molar-refractivity contribution in [2.75, 3.05) is 18.5 Å². The molecule has 0 unspecified atom stereocenters. The average molecular weight is 225 g/mol. The SMILES string of the molecule is Cc1noc(C)c1N(C)CC(=O)NC(C)C. The summed E-state index contributed by atoms with van der Waals surface area (Å²) in [6, 6.07) is 0.158. The van der Waals surface area contributed by atoms with E-state index in [2.05, 4.69) is 10.5 Å². The third kappa shape index (κ3) is 2.98. The van der Waals surface area contributed by atoms with Crippen LogP contribution in [-0.4, -0.2) is 30.7 Å². The van der Waals surface area contributed by atoms with E-state index in [1.54, 1.807) is 0 Å². The van der Waals surface area contributed by atoms with Crippen LogP contribution in [0.4, 0.5) is 5.69 Å². The number of aryl methyl sites for hydroxylation is 2. The van der Waals surface area contributed by atoms with Crippen molar-refractivity contribution in [3.63, 3.8) is 0 Å². The average Bonchev–Trinajstić information content (AvgIpc) is 2.44. The van der Waals surface area contributed by atoms with Gasteiger partial charge in [-0.25, -0.2) is 0 Å². The minimum Gasteiger partial charge on any atom is -0.361 e. The largest absolute Gasteiger partial charge is 0.361 e. The van der Waals surface area contributed by atoms with E-state index in [0.29, 0.717) is 6.54 Å². The summed E-state index contributed by atoms with van der Waals surface area (Å²) in [6.07, 6.45) is 0. The van der Waals surface area contributed by atoms with Crippen LogP contribution in [0.1, 0.15) is 25.3 Å². The first-order chi connectivity index (χ1) is 7.41. The fourth-order valence-corrected chi connectivity index (χ4v) is 1.69. The molecular weight excluding hydrogens is 206 g/mol. The van der Waals surface area contributed by atoms with E-state index >= 15 is 0 Å². The number of likely N-dealkylation sites (N-methyl/N-ethyl adjacent to an activating group) is 1. The highest BCUT2D eigenvalue weighted by molar-refractivity contribution is 5.81. The van der Waals surface area contributed by atoms with E-state index in [9.17, 15) is 4.79 Å². The van der Waals surface area contributed by atoms with Gasteiger partial charge in [0.25, 0.3) is 0 Å². The monoisotopic (exact) mass is 225 g/mol. The maximum atomic E-state index is 11.6. The molecule has 5 heteroatoms. The number of hydrogen-bond acceptors (Lipinski definition) is 4. The van der Waals surface area contributed by atoms with Crippen LogP contribution in [0.3, 0.4) is 0 Å². The number of anilines is 1. The standard InChI is InChI=1S/C11H19N3O2/c1-7(2)12-10(15)6-14(5)11-8(3)13-16-9(11)4/h7H,6H2,1-5H3,(H,12,15). The molecule has 0 aliphatic rings. The second-order valence-electron chi connectivity index (χ2n) is 4.25. The van der Waals surface area contributed by atoms with Gasteiger partial charge in [0.2, 0.25) is 5.91 Å². The zero-order valence-corrected chi connectivity index (χ0v) is 10.5. The molecule has 0 radical (unpaired) electrons. The Kier molecular flexibility index (Phi) is 3.93. The normalized spacial score (nSPS) is 10.6. The number of amides is 1. The molecule has 0 atom stereocenters. The van der Waals surface area contributed by atoms with E-state index in [1.165, 1.54) is 0 Å². The number of nitrogens with zero attached hydrogens (tertiary/aromatic N) is 2. The van der Waals surface area contributed by atoms with Crippen LogP contribution in [0.5, 0.6) is 0 Å². The highest BCUT2D eigenvalue weighted by atomic mass is 16.5. The van der Waals surface area contributed by atoms with Gasteiger partial charge in [0, 0.05) is 13.1 Å². The highest BCUT2D eigenvalue weighted by Crippen LogP contribution is 2.22. The van der Waals surface area contributed by atoms with Crippen molar-refractivity contribution < 1.29 is 9.32 Å². The van der Waals surface area contributed by atoms with Crippen LogP contribution < -0.4 is 10.2 Å². The number of carbonyl (C=O) groups excluding carboxylic acids is 1. The Morgan fingerprint density at radius 3 is 2.56 bits per heavy atom. The second-order valence-corrected chi connectivity index (χ2v) is 4.25. The fraction of sp³-hybridized carbons (Fsp3) is 0.636. The van der Waals surface area contributed by atoms with Crippen LogP contribution >= 0.6 is 0 Å². The predicted molar refractivity (Wildman–Crippen MR) is 62.5 cm³/mol. The Hall–Kier alpha value is -1.52. The van der Waals surface area contributed by atoms with Gasteiger partial charge < -0.3 is 14.7 Å². The highest BCUT2D eigenvalue weighted by Gasteiger charge is 2.16. The quantitative estimate of drug-likeness (QED) is 0.838. The molecular formula is C11H19N3O2. The molecule has 16 heavy (non-hydrogen) atoms. The van der Waals surface area contributed by atoms with Crippen LogP contribution in [0.25, 0.3) is 0 Å². The summed E-state index contributed by atoms with van der Waals surface area (Å²) in [5.74, 6) is 0.731. The number of hydrogen-bond donors (Lipinski definition) is 1. The van der Waals surface area contributed by atoms with Crippen molar-refractivity contribution in [2.45, 2.75) is 33.7 Å². The number of nitrogens with one attached hydrogen (secondary N) is 1. The van der Waals surface area contributed by atoms with Crippen molar-refractivity contribution in [1.29, 1.82) is 0 Å². The maximum absolute atomic E-state index is 11.6. The topological polar surface area (TPSA) is 58.4 Å². The lowest BCUT2D eigenvalue weighted by Gasteiger charge is -2.18. The van der Waals surface area contributed by atoms with Crippen molar-refractivity contribution in [3.8, 4) is 0 Å². The van der Waals surface area contributed by atoms with Crippen LogP contribution in [-0.2, 0) is 4.79 Å². The Morgan fingerprint density at radius 1 is 1.50 bits per heavy atom. The van der Waals surface area contributed by atoms with E-state index in [1.807, 2.05) is 39.6 Å². The molecule has 0 bridgehead atoms. The molecule has 90 valence electrons. The van der Waals surface area contributed by atoms with Crippen LogP contribution in [0, 0.1) is 13.8 Å². The van der Waals surface area contributed by atoms with E-state index in [0.717, 1.165) is 17.1 Å². The summed E-state index contributed by atoms with van der Waals surface area (Å²) < 4.78 is 5.06. The Bertz CT molecular complexity index is 352. The summed E-state index contributed by atoms with van der Waals surface area (Å²) in [6.45, 7) is 7.89. The van der Waals surface area contributed by atoms with Gasteiger partial charge in [0.15, 0.2) is 5.76 Å². The van der Waals surface area contributed by atoms with Gasteiger partial charge in [-0.3, -0.25) is 4.79 Å². The molecule has 1 aromatic rings. The van der Waals surface area contributed by atoms with Gasteiger partial charge in [-0.15, -0.1) is 0 Å². The Balaban J connectivity index is 2.66. The summed E-state index contributed by atoms with van der Waals surface area (Å²) in [5.41, 5.74) is 1.69. The lowest BCUT2D eigenvalue weighted by molar-refractivity contribution is -0.120. The molecule has 1 aromatic heterocycles. The van der Waals surface area contributed by atoms with E-state index in [-0.39, 0.29) is 11.9 Å². The third-order valence-corrected chi connectivity index (χ3v) is 2.21. The minimum atomic E-state index is -0.00231. The lowest BCUT2D eigenvalue weighted by Crippen LogP contribution is -2.38. The van der Waals surface area contributed by atoms with Crippen LogP contribution in [0.2, 0.25) is 0 Å². The third-order valence-electron chi connectivity index (χ3n) is 2.21. The zero-order chi connectivity index (χ0) is 12.3. The molecule has 1 N–H and O–H groups in total. The van der Waals surface area contributed by atoms with Crippen LogP contribution in [0.15, 0.2) is 4.52 Å². The van der Waals surface area contributed by atoms with Gasteiger partial charge in [-0.2, -0.15) is 0 Å². The number of rotatable bonds is 4. The first-order valence-corrected chi connectivity index (χ1v) is 5.35. The molecule has 1 rings (SSSR count). The molecule has 0 saturated heterocycles. The van der Waals surface area contributed by atoms with Crippen molar-refractivity contribution in [3.05, 3.63) is 11.5 Å². The number of carbonyl (C=O) groups is 1. The maximum Gasteiger partial charge on any atom is 0.239 e. The van der Waals surface area contributed by atoms with Gasteiger partial charge >= 0.3 is 0 Å².